The van der Waals surface area contributed by atoms with Crippen LogP contribution in [0.25, 0.3) is 0 Å². The highest BCUT2D eigenvalue weighted by atomic mass is 127. The van der Waals surface area contributed by atoms with Crippen molar-refractivity contribution < 1.29 is 31.2 Å². The molecule has 7 nitrogen and oxygen atoms in total. The van der Waals surface area contributed by atoms with E-state index in [1.165, 1.54) is 22.6 Å². The highest BCUT2D eigenvalue weighted by Gasteiger charge is 2.39. The van der Waals surface area contributed by atoms with E-state index in [0.717, 1.165) is 0 Å². The molecule has 0 spiro atoms. The molecule has 1 rings (SSSR count). The smallest absolute Gasteiger partial charge is 0.381 e. The molecule has 0 aliphatic carbocycles. The fourth-order valence-electron chi connectivity index (χ4n) is 0.999. The van der Waals surface area contributed by atoms with Gasteiger partial charge < -0.3 is 4.74 Å². The van der Waals surface area contributed by atoms with E-state index in [9.17, 15) is 31.7 Å². The molecule has 0 unspecified atom stereocenters. The minimum atomic E-state index is -5.27. The Hall–Kier alpha value is -0.890. The Morgan fingerprint density at radius 1 is 1.47 bits per heavy atom. The van der Waals surface area contributed by atoms with Crippen LogP contribution >= 0.6 is 33.3 Å². The molecule has 0 radical (unpaired) electrons. The van der Waals surface area contributed by atoms with Gasteiger partial charge in [0.05, 0.1) is 4.92 Å². The van der Waals surface area contributed by atoms with Crippen molar-refractivity contribution in [3.63, 3.8) is 0 Å². The number of halogens is 5. The molecule has 0 atom stereocenters. The topological polar surface area (TPSA) is 99.4 Å². The molecule has 0 aromatic carbocycles. The van der Waals surface area contributed by atoms with Crippen molar-refractivity contribution >= 4 is 48.0 Å². The summed E-state index contributed by atoms with van der Waals surface area (Å²) in [7, 11) is 0.282. The molecule has 19 heavy (non-hydrogen) atoms. The van der Waals surface area contributed by atoms with Crippen LogP contribution in [0.5, 0.6) is 5.88 Å². The van der Waals surface area contributed by atoms with Crippen molar-refractivity contribution in [3.05, 3.63) is 19.9 Å². The standard InChI is InChI=1S/C6HClF3IN2O5S/c7-19(16,17)2-1-3(11)12-5(4(2)13(14)15)18-6(8,9)10/h1H. The second-order valence-corrected chi connectivity index (χ2v) is 6.48. The minimum Gasteiger partial charge on any atom is -0.381 e. The molecular formula is C6HClF3IN2O5S. The van der Waals surface area contributed by atoms with E-state index in [1.807, 2.05) is 0 Å². The first kappa shape index (κ1) is 16.2. The summed E-state index contributed by atoms with van der Waals surface area (Å²) in [6.45, 7) is 0. The number of rotatable bonds is 3. The van der Waals surface area contributed by atoms with Crippen LogP contribution in [0.2, 0.25) is 0 Å². The van der Waals surface area contributed by atoms with Gasteiger partial charge in [-0.3, -0.25) is 10.1 Å². The molecule has 0 N–H and O–H groups in total. The zero-order valence-electron chi connectivity index (χ0n) is 8.31. The van der Waals surface area contributed by atoms with Crippen LogP contribution in [-0.2, 0) is 9.05 Å². The molecular weight excluding hydrogens is 431 g/mol. The van der Waals surface area contributed by atoms with E-state index in [2.05, 4.69) is 9.72 Å². The summed E-state index contributed by atoms with van der Waals surface area (Å²) in [5.41, 5.74) is -1.48. The molecule has 1 heterocycles. The summed E-state index contributed by atoms with van der Waals surface area (Å²) >= 11 is 1.36. The van der Waals surface area contributed by atoms with Gasteiger partial charge in [-0.2, -0.15) is 0 Å². The average Bonchev–Trinajstić information content (AvgIpc) is 2.11. The lowest BCUT2D eigenvalue weighted by Gasteiger charge is -2.09. The van der Waals surface area contributed by atoms with E-state index in [1.54, 1.807) is 0 Å². The van der Waals surface area contributed by atoms with Gasteiger partial charge in [-0.15, -0.1) is 13.2 Å². The van der Waals surface area contributed by atoms with Crippen LogP contribution in [0.3, 0.4) is 0 Å². The Morgan fingerprint density at radius 2 is 2.00 bits per heavy atom. The van der Waals surface area contributed by atoms with E-state index in [-0.39, 0.29) is 3.70 Å². The highest BCUT2D eigenvalue weighted by Crippen LogP contribution is 2.37. The normalized spacial score (nSPS) is 12.3. The van der Waals surface area contributed by atoms with E-state index >= 15 is 0 Å². The maximum Gasteiger partial charge on any atom is 0.574 e. The Bertz CT molecular complexity index is 634. The molecule has 0 saturated carbocycles. The maximum atomic E-state index is 12.1. The second-order valence-electron chi connectivity index (χ2n) is 2.84. The number of hydrogen-bond acceptors (Lipinski definition) is 6. The van der Waals surface area contributed by atoms with Gasteiger partial charge in [0.15, 0.2) is 4.90 Å². The predicted octanol–water partition coefficient (Wildman–Crippen LogP) is 2.42. The largest absolute Gasteiger partial charge is 0.574 e. The molecule has 1 aromatic rings. The van der Waals surface area contributed by atoms with Crippen molar-refractivity contribution in [1.29, 1.82) is 0 Å². The van der Waals surface area contributed by atoms with Crippen molar-refractivity contribution in [1.82, 2.24) is 4.98 Å². The van der Waals surface area contributed by atoms with Crippen LogP contribution < -0.4 is 4.74 Å². The zero-order chi connectivity index (χ0) is 15.0. The van der Waals surface area contributed by atoms with Crippen LogP contribution in [0.15, 0.2) is 11.0 Å². The average molecular weight is 433 g/mol. The first-order chi connectivity index (χ1) is 8.42. The Morgan fingerprint density at radius 3 is 2.37 bits per heavy atom. The van der Waals surface area contributed by atoms with E-state index < -0.39 is 36.8 Å². The minimum absolute atomic E-state index is 0.276. The molecule has 0 saturated heterocycles. The zero-order valence-corrected chi connectivity index (χ0v) is 12.0. The molecule has 0 aliphatic rings. The van der Waals surface area contributed by atoms with Crippen LogP contribution in [0, 0.1) is 13.8 Å². The first-order valence-electron chi connectivity index (χ1n) is 3.97. The lowest BCUT2D eigenvalue weighted by molar-refractivity contribution is -0.392. The summed E-state index contributed by atoms with van der Waals surface area (Å²) < 4.78 is 61.5. The van der Waals surface area contributed by atoms with E-state index in [0.29, 0.717) is 6.07 Å². The second kappa shape index (κ2) is 5.24. The summed E-state index contributed by atoms with van der Waals surface area (Å²) in [5, 5.41) is 10.7. The van der Waals surface area contributed by atoms with Gasteiger partial charge in [-0.25, -0.2) is 13.4 Å². The van der Waals surface area contributed by atoms with Crippen molar-refractivity contribution in [2.45, 2.75) is 11.3 Å². The maximum absolute atomic E-state index is 12.1. The molecule has 0 bridgehead atoms. The SMILES string of the molecule is O=[N+]([O-])c1c(S(=O)(=O)Cl)cc(I)nc1OC(F)(F)F. The number of ether oxygens (including phenoxy) is 1. The number of aromatic nitrogens is 1. The lowest BCUT2D eigenvalue weighted by atomic mass is 10.4. The van der Waals surface area contributed by atoms with Gasteiger partial charge in [-0.05, 0) is 28.7 Å². The Balaban J connectivity index is 3.64. The molecule has 0 amide bonds. The third-order valence-corrected chi connectivity index (χ3v) is 3.44. The van der Waals surface area contributed by atoms with Crippen LogP contribution in [-0.4, -0.2) is 24.7 Å². The van der Waals surface area contributed by atoms with Gasteiger partial charge in [0.2, 0.25) is 0 Å². The monoisotopic (exact) mass is 432 g/mol. The Labute approximate surface area is 121 Å². The van der Waals surface area contributed by atoms with Gasteiger partial charge in [0.1, 0.15) is 3.70 Å². The van der Waals surface area contributed by atoms with Gasteiger partial charge in [0.25, 0.3) is 9.05 Å². The number of pyridine rings is 1. The number of hydrogen-bond donors (Lipinski definition) is 0. The number of nitro groups is 1. The summed E-state index contributed by atoms with van der Waals surface area (Å²) in [6.07, 6.45) is -5.27. The van der Waals surface area contributed by atoms with Gasteiger partial charge in [-0.1, -0.05) is 0 Å². The quantitative estimate of drug-likeness (QED) is 0.239. The summed E-state index contributed by atoms with van der Waals surface area (Å²) in [4.78, 5) is 11.3. The van der Waals surface area contributed by atoms with Gasteiger partial charge >= 0.3 is 17.9 Å². The molecule has 106 valence electrons. The third-order valence-electron chi connectivity index (χ3n) is 1.55. The third kappa shape index (κ3) is 4.31. The fraction of sp³-hybridized carbons (Fsp3) is 0.167. The summed E-state index contributed by atoms with van der Waals surface area (Å²) in [5.74, 6) is -1.50. The number of alkyl halides is 3. The summed E-state index contributed by atoms with van der Waals surface area (Å²) in [6, 6.07) is 0.657. The lowest BCUT2D eigenvalue weighted by Crippen LogP contribution is -2.19. The van der Waals surface area contributed by atoms with Crippen molar-refractivity contribution in [2.24, 2.45) is 0 Å². The molecule has 0 aliphatic heterocycles. The molecule has 0 fully saturated rings. The van der Waals surface area contributed by atoms with Crippen LogP contribution in [0.1, 0.15) is 0 Å². The molecule has 1 aromatic heterocycles. The molecule has 13 heteroatoms. The van der Waals surface area contributed by atoms with E-state index in [4.69, 9.17) is 10.7 Å². The highest BCUT2D eigenvalue weighted by molar-refractivity contribution is 14.1. The van der Waals surface area contributed by atoms with Crippen LogP contribution in [0.4, 0.5) is 18.9 Å². The fourth-order valence-corrected chi connectivity index (χ4v) is 2.74. The number of nitrogens with zero attached hydrogens (tertiary/aromatic N) is 2. The van der Waals surface area contributed by atoms with Crippen molar-refractivity contribution in [2.75, 3.05) is 0 Å². The predicted molar refractivity (Wildman–Crippen MR) is 63.3 cm³/mol. The van der Waals surface area contributed by atoms with Gasteiger partial charge in [0, 0.05) is 10.7 Å². The van der Waals surface area contributed by atoms with Crippen molar-refractivity contribution in [3.8, 4) is 5.88 Å². The Kier molecular flexibility index (Phi) is 4.46. The first-order valence-corrected chi connectivity index (χ1v) is 7.36.